The van der Waals surface area contributed by atoms with Crippen LogP contribution >= 0.6 is 15.9 Å². The lowest BCUT2D eigenvalue weighted by atomic mass is 10.2. The Kier molecular flexibility index (Phi) is 6.41. The normalized spacial score (nSPS) is 11.4. The predicted molar refractivity (Wildman–Crippen MR) is 103 cm³/mol. The first-order valence-electron chi connectivity index (χ1n) is 7.67. The monoisotopic (exact) mass is 405 g/mol. The van der Waals surface area contributed by atoms with Crippen LogP contribution in [0.2, 0.25) is 0 Å². The summed E-state index contributed by atoms with van der Waals surface area (Å²) in [5.41, 5.74) is 1.95. The summed E-state index contributed by atoms with van der Waals surface area (Å²) < 4.78 is 6.25. The van der Waals surface area contributed by atoms with Crippen molar-refractivity contribution in [1.82, 2.24) is 0 Å². The number of carbonyl (C=O) groups is 2. The second kappa shape index (κ2) is 8.53. The lowest BCUT2D eigenvalue weighted by Gasteiger charge is -2.18. The Bertz CT molecular complexity index is 763. The molecule has 0 saturated carbocycles. The third-order valence-corrected chi connectivity index (χ3v) is 3.93. The molecule has 2 aromatic carbocycles. The zero-order chi connectivity index (χ0) is 18.4. The Balaban J connectivity index is 2.09. The van der Waals surface area contributed by atoms with Crippen molar-refractivity contribution in [2.75, 3.05) is 23.1 Å². The highest BCUT2D eigenvalue weighted by atomic mass is 79.9. The highest BCUT2D eigenvalue weighted by Gasteiger charge is 2.15. The number of anilines is 3. The molecule has 2 amide bonds. The number of halogens is 1. The topological polar surface area (TPSA) is 79.5 Å². The van der Waals surface area contributed by atoms with Gasteiger partial charge in [0, 0.05) is 22.8 Å². The van der Waals surface area contributed by atoms with Crippen LogP contribution in [0, 0.1) is 0 Å². The molecule has 1 atom stereocenters. The Morgan fingerprint density at radius 2 is 1.68 bits per heavy atom. The number of amides is 2. The fraction of sp³-hybridized carbons (Fsp3) is 0.222. The largest absolute Gasteiger partial charge is 0.495 e. The molecule has 0 unspecified atom stereocenters. The molecule has 25 heavy (non-hydrogen) atoms. The van der Waals surface area contributed by atoms with Crippen molar-refractivity contribution in [1.29, 1.82) is 0 Å². The van der Waals surface area contributed by atoms with Crippen LogP contribution in [0.15, 0.2) is 46.9 Å². The maximum atomic E-state index is 12.4. The molecule has 3 N–H and O–H groups in total. The molecule has 0 radical (unpaired) electrons. The van der Waals surface area contributed by atoms with Crippen LogP contribution in [0.3, 0.4) is 0 Å². The summed E-state index contributed by atoms with van der Waals surface area (Å²) >= 11 is 3.36. The number of carbonyl (C=O) groups excluding carboxylic acids is 2. The van der Waals surface area contributed by atoms with Gasteiger partial charge in [0.25, 0.3) is 0 Å². The Morgan fingerprint density at radius 1 is 1.04 bits per heavy atom. The van der Waals surface area contributed by atoms with Gasteiger partial charge in [0.05, 0.1) is 12.8 Å². The lowest BCUT2D eigenvalue weighted by molar-refractivity contribution is -0.116. The molecule has 0 heterocycles. The Morgan fingerprint density at radius 3 is 2.28 bits per heavy atom. The van der Waals surface area contributed by atoms with Crippen LogP contribution in [0.5, 0.6) is 5.75 Å². The highest BCUT2D eigenvalue weighted by Crippen LogP contribution is 2.28. The highest BCUT2D eigenvalue weighted by molar-refractivity contribution is 9.10. The number of rotatable bonds is 6. The van der Waals surface area contributed by atoms with Crippen molar-refractivity contribution in [3.63, 3.8) is 0 Å². The average molecular weight is 406 g/mol. The molecule has 7 heteroatoms. The van der Waals surface area contributed by atoms with Crippen LogP contribution in [-0.4, -0.2) is 25.0 Å². The van der Waals surface area contributed by atoms with E-state index in [1.165, 1.54) is 6.92 Å². The van der Waals surface area contributed by atoms with Crippen molar-refractivity contribution in [2.45, 2.75) is 19.9 Å². The van der Waals surface area contributed by atoms with Crippen molar-refractivity contribution in [3.8, 4) is 5.75 Å². The van der Waals surface area contributed by atoms with Gasteiger partial charge in [-0.3, -0.25) is 9.59 Å². The van der Waals surface area contributed by atoms with E-state index < -0.39 is 6.04 Å². The van der Waals surface area contributed by atoms with Crippen molar-refractivity contribution < 1.29 is 14.3 Å². The minimum Gasteiger partial charge on any atom is -0.495 e. The summed E-state index contributed by atoms with van der Waals surface area (Å²) in [5.74, 6) is 0.226. The minimum atomic E-state index is -0.509. The second-order valence-corrected chi connectivity index (χ2v) is 6.37. The van der Waals surface area contributed by atoms with Crippen LogP contribution in [0.25, 0.3) is 0 Å². The first-order valence-corrected chi connectivity index (χ1v) is 8.47. The van der Waals surface area contributed by atoms with Crippen LogP contribution < -0.4 is 20.7 Å². The molecule has 0 spiro atoms. The molecule has 0 fully saturated rings. The number of hydrogen-bond donors (Lipinski definition) is 3. The molecule has 0 aromatic heterocycles. The lowest BCUT2D eigenvalue weighted by Crippen LogP contribution is -2.32. The summed E-state index contributed by atoms with van der Waals surface area (Å²) in [5, 5.41) is 8.65. The van der Waals surface area contributed by atoms with Gasteiger partial charge in [0.1, 0.15) is 11.8 Å². The van der Waals surface area contributed by atoms with E-state index in [-0.39, 0.29) is 11.8 Å². The predicted octanol–water partition coefficient (Wildman–Crippen LogP) is 3.86. The summed E-state index contributed by atoms with van der Waals surface area (Å²) in [7, 11) is 1.55. The van der Waals surface area contributed by atoms with Gasteiger partial charge < -0.3 is 20.7 Å². The van der Waals surface area contributed by atoms with Crippen molar-refractivity contribution in [3.05, 3.63) is 46.9 Å². The van der Waals surface area contributed by atoms with Gasteiger partial charge in [-0.2, -0.15) is 0 Å². The van der Waals surface area contributed by atoms with Gasteiger partial charge >= 0.3 is 0 Å². The molecule has 2 rings (SSSR count). The molecular weight excluding hydrogens is 386 g/mol. The van der Waals surface area contributed by atoms with E-state index in [0.717, 1.165) is 4.47 Å². The van der Waals surface area contributed by atoms with Crippen LogP contribution in [-0.2, 0) is 9.59 Å². The SMILES string of the molecule is COc1ccc(NC(C)=O)cc1N[C@H](C)C(=O)Nc1ccc(Br)cc1. The Hall–Kier alpha value is -2.54. The van der Waals surface area contributed by atoms with E-state index in [9.17, 15) is 9.59 Å². The van der Waals surface area contributed by atoms with E-state index in [0.29, 0.717) is 22.8 Å². The maximum absolute atomic E-state index is 12.4. The molecular formula is C18H20BrN3O3. The van der Waals surface area contributed by atoms with Gasteiger partial charge in [-0.1, -0.05) is 15.9 Å². The van der Waals surface area contributed by atoms with Crippen LogP contribution in [0.1, 0.15) is 13.8 Å². The molecule has 0 aliphatic heterocycles. The van der Waals surface area contributed by atoms with E-state index in [1.807, 2.05) is 24.3 Å². The fourth-order valence-electron chi connectivity index (χ4n) is 2.18. The molecule has 6 nitrogen and oxygen atoms in total. The number of hydrogen-bond acceptors (Lipinski definition) is 4. The average Bonchev–Trinajstić information content (AvgIpc) is 2.56. The summed E-state index contributed by atoms with van der Waals surface area (Å²) in [4.78, 5) is 23.6. The number of nitrogens with one attached hydrogen (secondary N) is 3. The number of ether oxygens (including phenoxy) is 1. The summed E-state index contributed by atoms with van der Waals surface area (Å²) in [6.07, 6.45) is 0. The molecule has 0 saturated heterocycles. The molecule has 0 bridgehead atoms. The third kappa shape index (κ3) is 5.49. The third-order valence-electron chi connectivity index (χ3n) is 3.40. The summed E-state index contributed by atoms with van der Waals surface area (Å²) in [6, 6.07) is 12.0. The van der Waals surface area contributed by atoms with E-state index >= 15 is 0 Å². The second-order valence-electron chi connectivity index (χ2n) is 5.46. The number of methoxy groups -OCH3 is 1. The van der Waals surface area contributed by atoms with E-state index in [1.54, 1.807) is 32.2 Å². The van der Waals surface area contributed by atoms with Gasteiger partial charge in [-0.05, 0) is 49.4 Å². The molecule has 132 valence electrons. The van der Waals surface area contributed by atoms with Gasteiger partial charge in [0.2, 0.25) is 11.8 Å². The number of benzene rings is 2. The van der Waals surface area contributed by atoms with Crippen molar-refractivity contribution in [2.24, 2.45) is 0 Å². The zero-order valence-corrected chi connectivity index (χ0v) is 15.8. The minimum absolute atomic E-state index is 0.169. The van der Waals surface area contributed by atoms with Gasteiger partial charge in [-0.25, -0.2) is 0 Å². The standard InChI is InChI=1S/C18H20BrN3O3/c1-11(18(24)22-14-6-4-13(19)5-7-14)20-16-10-15(21-12(2)23)8-9-17(16)25-3/h4-11,20H,1-3H3,(H,21,23)(H,22,24)/t11-/m1/s1. The molecule has 0 aliphatic carbocycles. The van der Waals surface area contributed by atoms with Crippen LogP contribution in [0.4, 0.5) is 17.1 Å². The zero-order valence-electron chi connectivity index (χ0n) is 14.2. The smallest absolute Gasteiger partial charge is 0.246 e. The van der Waals surface area contributed by atoms with E-state index in [2.05, 4.69) is 31.9 Å². The quantitative estimate of drug-likeness (QED) is 0.681. The fourth-order valence-corrected chi connectivity index (χ4v) is 2.45. The van der Waals surface area contributed by atoms with Crippen molar-refractivity contribution >= 4 is 44.8 Å². The molecule has 2 aromatic rings. The van der Waals surface area contributed by atoms with Gasteiger partial charge in [-0.15, -0.1) is 0 Å². The first kappa shape index (κ1) is 18.8. The summed E-state index contributed by atoms with van der Waals surface area (Å²) in [6.45, 7) is 3.18. The first-order chi connectivity index (χ1) is 11.9. The van der Waals surface area contributed by atoms with E-state index in [4.69, 9.17) is 4.74 Å². The molecule has 0 aliphatic rings. The van der Waals surface area contributed by atoms with Gasteiger partial charge in [0.15, 0.2) is 0 Å². The Labute approximate surface area is 155 Å². The maximum Gasteiger partial charge on any atom is 0.246 e.